The monoisotopic (exact) mass is 326 g/mol. The first-order valence-corrected chi connectivity index (χ1v) is 7.83. The molecule has 2 aliphatic rings. The minimum absolute atomic E-state index is 0.185. The molecule has 4 rings (SSSR count). The van der Waals surface area contributed by atoms with Crippen LogP contribution >= 0.6 is 11.6 Å². The smallest absolute Gasteiger partial charge is 0.324 e. The van der Waals surface area contributed by atoms with Gasteiger partial charge in [0.15, 0.2) is 5.72 Å². The Balaban J connectivity index is 2.03. The quantitative estimate of drug-likeness (QED) is 0.805. The maximum Gasteiger partial charge on any atom is 0.324 e. The number of benzene rings is 2. The van der Waals surface area contributed by atoms with Gasteiger partial charge in [0.2, 0.25) is 0 Å². The maximum absolute atomic E-state index is 12.7. The van der Waals surface area contributed by atoms with Crippen molar-refractivity contribution < 1.29 is 9.53 Å². The third-order valence-electron chi connectivity index (χ3n) is 4.22. The number of fused-ring (bicyclic) bond motifs is 3. The molecule has 4 nitrogen and oxygen atoms in total. The van der Waals surface area contributed by atoms with Crippen LogP contribution in [-0.4, -0.2) is 24.1 Å². The molecule has 0 aromatic heterocycles. The summed E-state index contributed by atoms with van der Waals surface area (Å²) in [6.45, 7) is 0.886. The van der Waals surface area contributed by atoms with Crippen molar-refractivity contribution in [1.82, 2.24) is 4.90 Å². The third-order valence-corrected chi connectivity index (χ3v) is 4.46. The van der Waals surface area contributed by atoms with E-state index in [9.17, 15) is 4.79 Å². The molecule has 0 radical (unpaired) electrons. The molecule has 0 bridgehead atoms. The highest BCUT2D eigenvalue weighted by molar-refractivity contribution is 6.30. The van der Waals surface area contributed by atoms with E-state index >= 15 is 0 Å². The molecule has 0 aliphatic carbocycles. The zero-order chi connectivity index (χ0) is 15.9. The first-order valence-electron chi connectivity index (χ1n) is 7.45. The summed E-state index contributed by atoms with van der Waals surface area (Å²) < 4.78 is 6.25. The van der Waals surface area contributed by atoms with E-state index in [1.165, 1.54) is 0 Å². The number of carbonyl (C=O) groups is 1. The lowest BCUT2D eigenvalue weighted by atomic mass is 9.89. The average Bonchev–Trinajstić information content (AvgIpc) is 2.81. The van der Waals surface area contributed by atoms with Crippen LogP contribution in [-0.2, 0) is 10.5 Å². The number of urea groups is 1. The van der Waals surface area contributed by atoms with Crippen LogP contribution in [0.25, 0.3) is 0 Å². The standard InChI is InChI=1S/C18H15ClN2O2/c19-14-8-9-16-15(12-14)18(13-6-2-1-3-7-13)21(17(22)20-16)10-4-5-11-23-18/h1-9,12H,10-11H2,(H,20,22). The van der Waals surface area contributed by atoms with Crippen molar-refractivity contribution in [2.75, 3.05) is 18.5 Å². The fourth-order valence-corrected chi connectivity index (χ4v) is 3.39. The summed E-state index contributed by atoms with van der Waals surface area (Å²) in [6.07, 6.45) is 3.88. The van der Waals surface area contributed by atoms with Crippen LogP contribution in [0.15, 0.2) is 60.7 Å². The highest BCUT2D eigenvalue weighted by Crippen LogP contribution is 2.45. The van der Waals surface area contributed by atoms with Gasteiger partial charge < -0.3 is 10.1 Å². The van der Waals surface area contributed by atoms with E-state index in [2.05, 4.69) is 5.32 Å². The molecule has 0 saturated heterocycles. The Hall–Kier alpha value is -2.30. The Morgan fingerprint density at radius 1 is 1.13 bits per heavy atom. The second-order valence-corrected chi connectivity index (χ2v) is 5.96. The molecule has 116 valence electrons. The predicted molar refractivity (Wildman–Crippen MR) is 89.5 cm³/mol. The summed E-state index contributed by atoms with van der Waals surface area (Å²) in [5, 5.41) is 3.53. The van der Waals surface area contributed by atoms with E-state index < -0.39 is 5.72 Å². The van der Waals surface area contributed by atoms with E-state index in [1.54, 1.807) is 11.0 Å². The number of halogens is 1. The minimum atomic E-state index is -0.979. The van der Waals surface area contributed by atoms with Gasteiger partial charge in [-0.15, -0.1) is 0 Å². The van der Waals surface area contributed by atoms with Crippen molar-refractivity contribution in [3.63, 3.8) is 0 Å². The molecule has 2 aromatic carbocycles. The second-order valence-electron chi connectivity index (χ2n) is 5.52. The van der Waals surface area contributed by atoms with E-state index in [1.807, 2.05) is 54.6 Å². The highest BCUT2D eigenvalue weighted by atomic mass is 35.5. The van der Waals surface area contributed by atoms with Gasteiger partial charge >= 0.3 is 6.03 Å². The van der Waals surface area contributed by atoms with Crippen LogP contribution in [0, 0.1) is 0 Å². The van der Waals surface area contributed by atoms with Crippen LogP contribution in [0.1, 0.15) is 11.1 Å². The van der Waals surface area contributed by atoms with Crippen molar-refractivity contribution in [2.24, 2.45) is 0 Å². The Kier molecular flexibility index (Phi) is 3.36. The summed E-state index contributed by atoms with van der Waals surface area (Å²) in [5.74, 6) is 0. The minimum Gasteiger partial charge on any atom is -0.343 e. The van der Waals surface area contributed by atoms with E-state index in [0.29, 0.717) is 18.2 Å². The Morgan fingerprint density at radius 2 is 1.96 bits per heavy atom. The van der Waals surface area contributed by atoms with Crippen molar-refractivity contribution in [3.05, 3.63) is 76.8 Å². The molecule has 0 fully saturated rings. The first-order chi connectivity index (χ1) is 11.2. The molecule has 1 N–H and O–H groups in total. The van der Waals surface area contributed by atoms with Gasteiger partial charge in [0.05, 0.1) is 12.3 Å². The normalized spacial score (nSPS) is 22.8. The summed E-state index contributed by atoms with van der Waals surface area (Å²) in [4.78, 5) is 14.4. The molecule has 0 spiro atoms. The van der Waals surface area contributed by atoms with Crippen LogP contribution in [0.2, 0.25) is 5.02 Å². The van der Waals surface area contributed by atoms with Crippen LogP contribution in [0.4, 0.5) is 10.5 Å². The van der Waals surface area contributed by atoms with Crippen LogP contribution in [0.5, 0.6) is 0 Å². The van der Waals surface area contributed by atoms with Gasteiger partial charge in [-0.05, 0) is 18.2 Å². The molecule has 5 heteroatoms. The van der Waals surface area contributed by atoms with E-state index in [0.717, 1.165) is 16.8 Å². The van der Waals surface area contributed by atoms with Gasteiger partial charge in [0.1, 0.15) is 0 Å². The lowest BCUT2D eigenvalue weighted by molar-refractivity contribution is -0.0933. The fraction of sp³-hybridized carbons (Fsp3) is 0.167. The number of carbonyl (C=O) groups excluding carboxylic acids is 1. The number of rotatable bonds is 1. The van der Waals surface area contributed by atoms with Crippen molar-refractivity contribution in [1.29, 1.82) is 0 Å². The fourth-order valence-electron chi connectivity index (χ4n) is 3.22. The number of ether oxygens (including phenoxy) is 1. The Bertz CT molecular complexity index is 791. The lowest BCUT2D eigenvalue weighted by Crippen LogP contribution is -2.56. The summed E-state index contributed by atoms with van der Waals surface area (Å²) in [6, 6.07) is 15.0. The van der Waals surface area contributed by atoms with Crippen molar-refractivity contribution >= 4 is 23.3 Å². The predicted octanol–water partition coefficient (Wildman–Crippen LogP) is 3.98. The van der Waals surface area contributed by atoms with Gasteiger partial charge in [-0.25, -0.2) is 4.79 Å². The van der Waals surface area contributed by atoms with Crippen LogP contribution in [0.3, 0.4) is 0 Å². The van der Waals surface area contributed by atoms with Crippen molar-refractivity contribution in [3.8, 4) is 0 Å². The number of amides is 2. The molecule has 2 amide bonds. The molecule has 23 heavy (non-hydrogen) atoms. The summed E-state index contributed by atoms with van der Waals surface area (Å²) in [5.41, 5.74) is 1.50. The molecular weight excluding hydrogens is 312 g/mol. The van der Waals surface area contributed by atoms with Gasteiger partial charge in [-0.3, -0.25) is 4.90 Å². The molecule has 1 unspecified atom stereocenters. The highest BCUT2D eigenvalue weighted by Gasteiger charge is 2.49. The maximum atomic E-state index is 12.7. The SMILES string of the molecule is O=C1Nc2ccc(Cl)cc2C2(c3ccccc3)OCC=CCN12. The Labute approximate surface area is 139 Å². The Morgan fingerprint density at radius 3 is 2.78 bits per heavy atom. The molecular formula is C18H15ClN2O2. The average molecular weight is 327 g/mol. The van der Waals surface area contributed by atoms with Gasteiger partial charge in [-0.2, -0.15) is 0 Å². The number of nitrogens with zero attached hydrogens (tertiary/aromatic N) is 1. The number of hydrogen-bond donors (Lipinski definition) is 1. The van der Waals surface area contributed by atoms with E-state index in [4.69, 9.17) is 16.3 Å². The first kappa shape index (κ1) is 14.3. The topological polar surface area (TPSA) is 41.6 Å². The molecule has 2 aromatic rings. The van der Waals surface area contributed by atoms with Gasteiger partial charge in [0, 0.05) is 22.7 Å². The molecule has 1 atom stereocenters. The van der Waals surface area contributed by atoms with Crippen molar-refractivity contribution in [2.45, 2.75) is 5.72 Å². The second kappa shape index (κ2) is 5.41. The lowest BCUT2D eigenvalue weighted by Gasteiger charge is -2.46. The number of anilines is 1. The van der Waals surface area contributed by atoms with Gasteiger partial charge in [-0.1, -0.05) is 54.1 Å². The zero-order valence-electron chi connectivity index (χ0n) is 12.3. The largest absolute Gasteiger partial charge is 0.343 e. The van der Waals surface area contributed by atoms with E-state index in [-0.39, 0.29) is 6.03 Å². The molecule has 0 saturated carbocycles. The molecule has 2 aliphatic heterocycles. The summed E-state index contributed by atoms with van der Waals surface area (Å²) in [7, 11) is 0. The molecule has 2 heterocycles. The third kappa shape index (κ3) is 2.14. The summed E-state index contributed by atoms with van der Waals surface area (Å²) >= 11 is 6.23. The van der Waals surface area contributed by atoms with Crippen LogP contribution < -0.4 is 5.32 Å². The number of hydrogen-bond acceptors (Lipinski definition) is 2. The number of nitrogens with one attached hydrogen (secondary N) is 1. The zero-order valence-corrected chi connectivity index (χ0v) is 13.1. The van der Waals surface area contributed by atoms with Gasteiger partial charge in [0.25, 0.3) is 0 Å².